The maximum atomic E-state index is 12.5. The molecule has 1 fully saturated rings. The molecule has 3 atom stereocenters. The highest BCUT2D eigenvalue weighted by molar-refractivity contribution is 5.79. The summed E-state index contributed by atoms with van der Waals surface area (Å²) in [5.74, 6) is -0.213. The van der Waals surface area contributed by atoms with Gasteiger partial charge in [0.2, 0.25) is 11.8 Å². The predicted molar refractivity (Wildman–Crippen MR) is 110 cm³/mol. The number of allylic oxidation sites excluding steroid dienone is 1. The number of methoxy groups -OCH3 is 1. The van der Waals surface area contributed by atoms with Crippen LogP contribution in [-0.2, 0) is 14.3 Å². The number of rotatable bonds is 8. The number of amides is 2. The predicted octanol–water partition coefficient (Wildman–Crippen LogP) is 2.28. The summed E-state index contributed by atoms with van der Waals surface area (Å²) in [4.78, 5) is 28.2. The van der Waals surface area contributed by atoms with E-state index >= 15 is 0 Å². The Kier molecular flexibility index (Phi) is 7.78. The Morgan fingerprint density at radius 2 is 1.89 bits per heavy atom. The first-order chi connectivity index (χ1) is 13.3. The van der Waals surface area contributed by atoms with Crippen molar-refractivity contribution in [1.29, 1.82) is 0 Å². The molecule has 1 aliphatic rings. The number of benzene rings is 1. The topological polar surface area (TPSA) is 70.1 Å². The van der Waals surface area contributed by atoms with Gasteiger partial charge in [-0.25, -0.2) is 0 Å². The fourth-order valence-electron chi connectivity index (χ4n) is 4.09. The Hall–Kier alpha value is -2.18. The molecule has 0 aromatic heterocycles. The summed E-state index contributed by atoms with van der Waals surface area (Å²) >= 11 is 0. The monoisotopic (exact) mass is 388 g/mol. The van der Waals surface area contributed by atoms with E-state index in [1.165, 1.54) is 14.0 Å². The van der Waals surface area contributed by atoms with Gasteiger partial charge in [0.05, 0.1) is 18.7 Å². The van der Waals surface area contributed by atoms with Crippen LogP contribution in [0.4, 0.5) is 0 Å². The van der Waals surface area contributed by atoms with Crippen LogP contribution in [-0.4, -0.2) is 71.7 Å². The van der Waals surface area contributed by atoms with Crippen molar-refractivity contribution >= 4 is 17.9 Å². The van der Waals surface area contributed by atoms with Gasteiger partial charge in [-0.05, 0) is 31.9 Å². The average Bonchev–Trinajstić information content (AvgIpc) is 2.62. The van der Waals surface area contributed by atoms with Crippen LogP contribution >= 0.6 is 0 Å². The number of carbonyl (C=O) groups is 2. The lowest BCUT2D eigenvalue weighted by atomic mass is 9.74. The summed E-state index contributed by atoms with van der Waals surface area (Å²) < 4.78 is 5.01. The number of aliphatic hydroxyl groups is 1. The normalized spacial score (nSPS) is 21.8. The van der Waals surface area contributed by atoms with Crippen LogP contribution in [0.1, 0.15) is 44.7 Å². The quantitative estimate of drug-likeness (QED) is 0.742. The van der Waals surface area contributed by atoms with Crippen molar-refractivity contribution in [2.75, 3.05) is 26.9 Å². The third-order valence-electron chi connectivity index (χ3n) is 5.37. The van der Waals surface area contributed by atoms with Gasteiger partial charge in [0.1, 0.15) is 6.61 Å². The third kappa shape index (κ3) is 4.62. The van der Waals surface area contributed by atoms with E-state index in [0.717, 1.165) is 11.1 Å². The number of aliphatic hydroxyl groups excluding tert-OH is 1. The van der Waals surface area contributed by atoms with Gasteiger partial charge in [0.15, 0.2) is 0 Å². The van der Waals surface area contributed by atoms with Gasteiger partial charge in [0.25, 0.3) is 0 Å². The van der Waals surface area contributed by atoms with Crippen LogP contribution in [0.15, 0.2) is 30.3 Å². The Labute approximate surface area is 167 Å². The number of carbonyl (C=O) groups excluding carboxylic acids is 2. The summed E-state index contributed by atoms with van der Waals surface area (Å²) in [6, 6.07) is 7.70. The average molecular weight is 389 g/mol. The van der Waals surface area contributed by atoms with E-state index in [-0.39, 0.29) is 49.1 Å². The zero-order valence-corrected chi connectivity index (χ0v) is 17.5. The van der Waals surface area contributed by atoms with E-state index in [1.54, 1.807) is 9.80 Å². The second-order valence-corrected chi connectivity index (χ2v) is 7.51. The smallest absolute Gasteiger partial charge is 0.248 e. The summed E-state index contributed by atoms with van der Waals surface area (Å²) in [6.45, 7) is 7.71. The van der Waals surface area contributed by atoms with Gasteiger partial charge in [0, 0.05) is 32.5 Å². The Morgan fingerprint density at radius 1 is 1.25 bits per heavy atom. The maximum Gasteiger partial charge on any atom is 0.248 e. The molecule has 1 saturated heterocycles. The maximum absolute atomic E-state index is 12.5. The minimum Gasteiger partial charge on any atom is -0.394 e. The first kappa shape index (κ1) is 22.1. The molecule has 1 heterocycles. The lowest BCUT2D eigenvalue weighted by Gasteiger charge is -2.56. The zero-order valence-electron chi connectivity index (χ0n) is 17.5. The highest BCUT2D eigenvalue weighted by atomic mass is 16.5. The van der Waals surface area contributed by atoms with Crippen molar-refractivity contribution in [3.05, 3.63) is 41.5 Å². The molecular weight excluding hydrogens is 356 g/mol. The van der Waals surface area contributed by atoms with Gasteiger partial charge in [-0.15, -0.1) is 0 Å². The molecule has 28 heavy (non-hydrogen) atoms. The summed E-state index contributed by atoms with van der Waals surface area (Å²) in [7, 11) is 1.50. The van der Waals surface area contributed by atoms with Crippen molar-refractivity contribution < 1.29 is 19.4 Å². The number of ether oxygens (including phenoxy) is 1. The van der Waals surface area contributed by atoms with Crippen molar-refractivity contribution in [1.82, 2.24) is 9.80 Å². The fraction of sp³-hybridized carbons (Fsp3) is 0.545. The molecule has 154 valence electrons. The number of nitrogens with zero attached hydrogens (tertiary/aromatic N) is 2. The van der Waals surface area contributed by atoms with E-state index in [2.05, 4.69) is 0 Å². The lowest BCUT2D eigenvalue weighted by molar-refractivity contribution is -0.154. The van der Waals surface area contributed by atoms with E-state index in [0.29, 0.717) is 6.54 Å². The van der Waals surface area contributed by atoms with Gasteiger partial charge in [-0.3, -0.25) is 9.59 Å². The minimum atomic E-state index is -0.276. The molecule has 6 heteroatoms. The molecular formula is C22H32N2O4. The molecule has 2 amide bonds. The molecule has 0 radical (unpaired) electrons. The van der Waals surface area contributed by atoms with E-state index in [4.69, 9.17) is 4.74 Å². The molecule has 1 aromatic carbocycles. The summed E-state index contributed by atoms with van der Waals surface area (Å²) in [5.41, 5.74) is 2.17. The molecule has 0 bridgehead atoms. The van der Waals surface area contributed by atoms with Crippen LogP contribution in [0.3, 0.4) is 0 Å². The molecule has 0 aliphatic carbocycles. The highest BCUT2D eigenvalue weighted by Crippen LogP contribution is 2.41. The zero-order chi connectivity index (χ0) is 20.8. The fourth-order valence-corrected chi connectivity index (χ4v) is 4.09. The van der Waals surface area contributed by atoms with Gasteiger partial charge in [-0.1, -0.05) is 36.4 Å². The largest absolute Gasteiger partial charge is 0.394 e. The van der Waals surface area contributed by atoms with Crippen LogP contribution < -0.4 is 0 Å². The van der Waals surface area contributed by atoms with Crippen molar-refractivity contribution in [2.45, 2.75) is 51.7 Å². The second-order valence-electron chi connectivity index (χ2n) is 7.51. The van der Waals surface area contributed by atoms with Crippen LogP contribution in [0.5, 0.6) is 0 Å². The molecule has 1 aliphatic heterocycles. The molecule has 1 aromatic rings. The van der Waals surface area contributed by atoms with E-state index in [1.807, 2.05) is 57.2 Å². The molecule has 1 N–H and O–H groups in total. The van der Waals surface area contributed by atoms with Crippen LogP contribution in [0.2, 0.25) is 0 Å². The Bertz CT molecular complexity index is 699. The number of hydrogen-bond acceptors (Lipinski definition) is 4. The summed E-state index contributed by atoms with van der Waals surface area (Å²) in [6.07, 6.45) is 4.01. The van der Waals surface area contributed by atoms with Crippen LogP contribution in [0.25, 0.3) is 6.08 Å². The molecule has 0 unspecified atom stereocenters. The standard InChI is InChI=1S/C22H32N2O4/c1-6-7-17-8-10-18(11-9-17)22-19(24(16(4)26)20(22)13-25)12-23(15(2)3)21(27)14-28-5/h6-11,15,19-20,22,25H,12-14H2,1-5H3/b7-6+/t19-,20+,22+/m0/s1. The third-order valence-corrected chi connectivity index (χ3v) is 5.37. The Balaban J connectivity index is 2.32. The molecule has 0 saturated carbocycles. The molecule has 6 nitrogen and oxygen atoms in total. The lowest BCUT2D eigenvalue weighted by Crippen LogP contribution is -2.68. The first-order valence-corrected chi connectivity index (χ1v) is 9.76. The van der Waals surface area contributed by atoms with Crippen molar-refractivity contribution in [3.63, 3.8) is 0 Å². The van der Waals surface area contributed by atoms with Crippen molar-refractivity contribution in [3.8, 4) is 0 Å². The van der Waals surface area contributed by atoms with Crippen molar-refractivity contribution in [2.24, 2.45) is 0 Å². The highest BCUT2D eigenvalue weighted by Gasteiger charge is 2.51. The first-order valence-electron chi connectivity index (χ1n) is 9.76. The number of likely N-dealkylation sites (tertiary alicyclic amines) is 1. The minimum absolute atomic E-state index is 0.0110. The SMILES string of the molecule is C/C=C/c1ccc([C@H]2[C@@H](CO)N(C(C)=O)[C@H]2CN(C(=O)COC)C(C)C)cc1. The molecule has 0 spiro atoms. The number of hydrogen-bond donors (Lipinski definition) is 1. The Morgan fingerprint density at radius 3 is 2.36 bits per heavy atom. The molecule has 2 rings (SSSR count). The second kappa shape index (κ2) is 9.85. The van der Waals surface area contributed by atoms with Gasteiger partial charge < -0.3 is 19.6 Å². The summed E-state index contributed by atoms with van der Waals surface area (Å²) in [5, 5.41) is 9.92. The van der Waals surface area contributed by atoms with Gasteiger partial charge >= 0.3 is 0 Å². The van der Waals surface area contributed by atoms with E-state index in [9.17, 15) is 14.7 Å². The van der Waals surface area contributed by atoms with Gasteiger partial charge in [-0.2, -0.15) is 0 Å². The van der Waals surface area contributed by atoms with E-state index < -0.39 is 0 Å². The van der Waals surface area contributed by atoms with Crippen LogP contribution in [0, 0.1) is 0 Å².